The molecule has 2 heterocycles. The normalized spacial score (nSPS) is 10.7. The van der Waals surface area contributed by atoms with E-state index in [0.29, 0.717) is 17.2 Å². The lowest BCUT2D eigenvalue weighted by molar-refractivity contribution is 0.324. The summed E-state index contributed by atoms with van der Waals surface area (Å²) >= 11 is 1.60. The third-order valence-corrected chi connectivity index (χ3v) is 4.31. The van der Waals surface area contributed by atoms with Crippen LogP contribution in [0.25, 0.3) is 11.0 Å². The number of hydrogen-bond acceptors (Lipinski definition) is 6. The minimum atomic E-state index is 0.596. The summed E-state index contributed by atoms with van der Waals surface area (Å²) in [6.45, 7) is 0. The number of fused-ring (bicyclic) bond motifs is 1. The van der Waals surface area contributed by atoms with E-state index in [1.54, 1.807) is 45.5 Å². The highest BCUT2D eigenvalue weighted by Gasteiger charge is 2.13. The minimum Gasteiger partial charge on any atom is -0.493 e. The van der Waals surface area contributed by atoms with Gasteiger partial charge in [0.05, 0.1) is 33.0 Å². The number of nitrogens with zero attached hydrogens (tertiary/aromatic N) is 2. The van der Waals surface area contributed by atoms with E-state index in [2.05, 4.69) is 15.0 Å². The number of methoxy groups -OCH3 is 3. The maximum Gasteiger partial charge on any atom is 0.203 e. The highest BCUT2D eigenvalue weighted by molar-refractivity contribution is 7.98. The van der Waals surface area contributed by atoms with E-state index in [9.17, 15) is 0 Å². The number of rotatable bonds is 6. The summed E-state index contributed by atoms with van der Waals surface area (Å²) in [7, 11) is 4.82. The van der Waals surface area contributed by atoms with E-state index < -0.39 is 0 Å². The van der Waals surface area contributed by atoms with Gasteiger partial charge in [-0.3, -0.25) is 4.98 Å². The van der Waals surface area contributed by atoms with Gasteiger partial charge in [-0.1, -0.05) is 11.8 Å². The molecule has 1 aromatic carbocycles. The summed E-state index contributed by atoms with van der Waals surface area (Å²) in [6.07, 6.45) is 3.49. The average molecular weight is 331 g/mol. The second-order valence-corrected chi connectivity index (χ2v) is 5.72. The van der Waals surface area contributed by atoms with Crippen LogP contribution >= 0.6 is 11.8 Å². The monoisotopic (exact) mass is 331 g/mol. The minimum absolute atomic E-state index is 0.596. The molecule has 0 saturated heterocycles. The third kappa shape index (κ3) is 3.19. The van der Waals surface area contributed by atoms with Gasteiger partial charge >= 0.3 is 0 Å². The SMILES string of the molecule is COc1cc(CSc2nc3cnccc3[nH]2)cc(OC)c1OC. The molecule has 0 fully saturated rings. The van der Waals surface area contributed by atoms with Crippen LogP contribution in [0.2, 0.25) is 0 Å². The van der Waals surface area contributed by atoms with Gasteiger partial charge in [-0.15, -0.1) is 0 Å². The highest BCUT2D eigenvalue weighted by atomic mass is 32.2. The Morgan fingerprint density at radius 2 is 1.83 bits per heavy atom. The number of ether oxygens (including phenoxy) is 3. The Hall–Kier alpha value is -2.41. The number of pyridine rings is 1. The Labute approximate surface area is 138 Å². The summed E-state index contributed by atoms with van der Waals surface area (Å²) in [5.41, 5.74) is 2.90. The predicted octanol–water partition coefficient (Wildman–Crippen LogP) is 3.28. The van der Waals surface area contributed by atoms with E-state index in [1.807, 2.05) is 18.2 Å². The molecule has 0 aliphatic heterocycles. The van der Waals surface area contributed by atoms with Crippen molar-refractivity contribution in [3.05, 3.63) is 36.2 Å². The number of benzene rings is 1. The molecule has 0 saturated carbocycles. The van der Waals surface area contributed by atoms with E-state index in [-0.39, 0.29) is 0 Å². The van der Waals surface area contributed by atoms with Crippen molar-refractivity contribution in [3.63, 3.8) is 0 Å². The lowest BCUT2D eigenvalue weighted by Crippen LogP contribution is -1.96. The molecule has 0 atom stereocenters. The fraction of sp³-hybridized carbons (Fsp3) is 0.250. The molecule has 0 aliphatic rings. The number of thioether (sulfide) groups is 1. The molecule has 0 unspecified atom stereocenters. The summed E-state index contributed by atoms with van der Waals surface area (Å²) in [4.78, 5) is 11.8. The standard InChI is InChI=1S/C16H17N3O3S/c1-20-13-6-10(7-14(21-2)15(13)22-3)9-23-16-18-11-4-5-17-8-12(11)19-16/h4-8H,9H2,1-3H3,(H,18,19). The molecule has 2 aromatic heterocycles. The fourth-order valence-corrected chi connectivity index (χ4v) is 3.09. The van der Waals surface area contributed by atoms with Crippen molar-refractivity contribution in [1.82, 2.24) is 15.0 Å². The van der Waals surface area contributed by atoms with Crippen LogP contribution in [0.15, 0.2) is 35.7 Å². The van der Waals surface area contributed by atoms with Crippen molar-refractivity contribution < 1.29 is 14.2 Å². The van der Waals surface area contributed by atoms with Crippen molar-refractivity contribution in [2.24, 2.45) is 0 Å². The van der Waals surface area contributed by atoms with E-state index >= 15 is 0 Å². The molecule has 0 amide bonds. The van der Waals surface area contributed by atoms with Crippen molar-refractivity contribution in [3.8, 4) is 17.2 Å². The zero-order chi connectivity index (χ0) is 16.2. The largest absolute Gasteiger partial charge is 0.493 e. The number of imidazole rings is 1. The Morgan fingerprint density at radius 3 is 2.43 bits per heavy atom. The van der Waals surface area contributed by atoms with Gasteiger partial charge in [0.25, 0.3) is 0 Å². The molecular formula is C16H17N3O3S. The Bertz CT molecular complexity index is 761. The van der Waals surface area contributed by atoms with Gasteiger partial charge < -0.3 is 19.2 Å². The van der Waals surface area contributed by atoms with Gasteiger partial charge in [0.2, 0.25) is 5.75 Å². The number of nitrogens with one attached hydrogen (secondary N) is 1. The van der Waals surface area contributed by atoms with Crippen molar-refractivity contribution in [2.45, 2.75) is 10.9 Å². The first kappa shape index (κ1) is 15.5. The van der Waals surface area contributed by atoms with Gasteiger partial charge in [-0.25, -0.2) is 4.98 Å². The summed E-state index contributed by atoms with van der Waals surface area (Å²) < 4.78 is 16.1. The molecule has 120 valence electrons. The van der Waals surface area contributed by atoms with Gasteiger partial charge in [0.1, 0.15) is 5.52 Å². The number of aromatic amines is 1. The average Bonchev–Trinajstić information content (AvgIpc) is 3.01. The molecule has 0 radical (unpaired) electrons. The molecule has 0 bridgehead atoms. The molecule has 23 heavy (non-hydrogen) atoms. The second kappa shape index (κ2) is 6.78. The van der Waals surface area contributed by atoms with Crippen molar-refractivity contribution >= 4 is 22.8 Å². The number of hydrogen-bond donors (Lipinski definition) is 1. The molecule has 6 nitrogen and oxygen atoms in total. The molecule has 3 aromatic rings. The maximum atomic E-state index is 5.37. The van der Waals surface area contributed by atoms with Crippen LogP contribution in [0.5, 0.6) is 17.2 Å². The quantitative estimate of drug-likeness (QED) is 0.699. The van der Waals surface area contributed by atoms with Crippen LogP contribution in [0.1, 0.15) is 5.56 Å². The van der Waals surface area contributed by atoms with E-state index in [4.69, 9.17) is 14.2 Å². The molecule has 3 rings (SSSR count). The van der Waals surface area contributed by atoms with Crippen LogP contribution in [0.3, 0.4) is 0 Å². The van der Waals surface area contributed by atoms with Crippen molar-refractivity contribution in [1.29, 1.82) is 0 Å². The Kier molecular flexibility index (Phi) is 4.57. The van der Waals surface area contributed by atoms with Crippen LogP contribution in [0, 0.1) is 0 Å². The second-order valence-electron chi connectivity index (χ2n) is 4.76. The molecule has 0 spiro atoms. The van der Waals surface area contributed by atoms with Crippen LogP contribution in [0.4, 0.5) is 0 Å². The summed E-state index contributed by atoms with van der Waals surface area (Å²) in [5.74, 6) is 2.62. The summed E-state index contributed by atoms with van der Waals surface area (Å²) in [5, 5.41) is 0.849. The lowest BCUT2D eigenvalue weighted by Gasteiger charge is -2.13. The van der Waals surface area contributed by atoms with Crippen molar-refractivity contribution in [2.75, 3.05) is 21.3 Å². The van der Waals surface area contributed by atoms with Gasteiger partial charge in [-0.05, 0) is 23.8 Å². The van der Waals surface area contributed by atoms with Crippen LogP contribution in [-0.2, 0) is 5.75 Å². The zero-order valence-electron chi connectivity index (χ0n) is 13.1. The van der Waals surface area contributed by atoms with Gasteiger partial charge in [-0.2, -0.15) is 0 Å². The first-order valence-electron chi connectivity index (χ1n) is 6.96. The lowest BCUT2D eigenvalue weighted by atomic mass is 10.2. The topological polar surface area (TPSA) is 69.3 Å². The Morgan fingerprint density at radius 1 is 1.09 bits per heavy atom. The predicted molar refractivity (Wildman–Crippen MR) is 89.5 cm³/mol. The molecular weight excluding hydrogens is 314 g/mol. The van der Waals surface area contributed by atoms with E-state index in [0.717, 1.165) is 27.5 Å². The van der Waals surface area contributed by atoms with Crippen LogP contribution in [-0.4, -0.2) is 36.3 Å². The number of aromatic nitrogens is 3. The zero-order valence-corrected chi connectivity index (χ0v) is 13.9. The smallest absolute Gasteiger partial charge is 0.203 e. The first-order chi connectivity index (χ1) is 11.2. The molecule has 1 N–H and O–H groups in total. The Balaban J connectivity index is 1.82. The molecule has 7 heteroatoms. The number of H-pyrrole nitrogens is 1. The first-order valence-corrected chi connectivity index (χ1v) is 7.95. The van der Waals surface area contributed by atoms with Gasteiger partial charge in [0, 0.05) is 11.9 Å². The van der Waals surface area contributed by atoms with E-state index in [1.165, 1.54) is 0 Å². The third-order valence-electron chi connectivity index (χ3n) is 3.36. The fourth-order valence-electron chi connectivity index (χ4n) is 2.27. The maximum absolute atomic E-state index is 5.37. The summed E-state index contributed by atoms with van der Waals surface area (Å²) in [6, 6.07) is 5.79. The molecule has 0 aliphatic carbocycles. The highest BCUT2D eigenvalue weighted by Crippen LogP contribution is 2.39. The van der Waals surface area contributed by atoms with Gasteiger partial charge in [0.15, 0.2) is 16.7 Å². The van der Waals surface area contributed by atoms with Crippen LogP contribution < -0.4 is 14.2 Å².